The van der Waals surface area contributed by atoms with Gasteiger partial charge in [0.25, 0.3) is 5.91 Å². The fraction of sp³-hybridized carbons (Fsp3) is 0.647. The Hall–Kier alpha value is -2.18. The van der Waals surface area contributed by atoms with Crippen LogP contribution in [0.3, 0.4) is 0 Å². The summed E-state index contributed by atoms with van der Waals surface area (Å²) in [5, 5.41) is 9.45. The highest BCUT2D eigenvalue weighted by molar-refractivity contribution is 5.93. The van der Waals surface area contributed by atoms with Crippen molar-refractivity contribution >= 4 is 17.8 Å². The predicted molar refractivity (Wildman–Crippen MR) is 86.7 cm³/mol. The number of rotatable bonds is 4. The highest BCUT2D eigenvalue weighted by Crippen LogP contribution is 2.44. The molecule has 0 aromatic carbocycles. The molecule has 1 aromatic heterocycles. The van der Waals surface area contributed by atoms with Crippen LogP contribution in [0.5, 0.6) is 0 Å². The molecule has 1 aromatic rings. The zero-order chi connectivity index (χ0) is 16.7. The summed E-state index contributed by atoms with van der Waals surface area (Å²) in [6.07, 6.45) is 6.04. The van der Waals surface area contributed by atoms with E-state index in [2.05, 4.69) is 14.9 Å². The highest BCUT2D eigenvalue weighted by atomic mass is 16.4. The molecule has 24 heavy (non-hydrogen) atoms. The molecule has 7 heteroatoms. The number of aliphatic carboxylic acids is 1. The Balaban J connectivity index is 1.51. The SMILES string of the molecule is O=C(O)[C@@H]1CN(C(=O)c2ccnc(N3CCCC3)n2)C[C@H]1C1CC1. The minimum absolute atomic E-state index is 0.0892. The third-order valence-electron chi connectivity index (χ3n) is 5.45. The molecule has 0 unspecified atom stereocenters. The van der Waals surface area contributed by atoms with Gasteiger partial charge in [0, 0.05) is 32.4 Å². The molecular formula is C17H22N4O3. The van der Waals surface area contributed by atoms with Gasteiger partial charge in [-0.3, -0.25) is 9.59 Å². The standard InChI is InChI=1S/C17H22N4O3/c22-15(14-5-6-18-17(19-14)20-7-1-2-8-20)21-9-12(11-3-4-11)13(10-21)16(23)24/h5-6,11-13H,1-4,7-10H2,(H,23,24)/t12-,13+/m0/s1. The van der Waals surface area contributed by atoms with Gasteiger partial charge in [0.05, 0.1) is 5.92 Å². The van der Waals surface area contributed by atoms with Gasteiger partial charge in [-0.05, 0) is 43.6 Å². The van der Waals surface area contributed by atoms with Crippen molar-refractivity contribution in [2.75, 3.05) is 31.1 Å². The summed E-state index contributed by atoms with van der Waals surface area (Å²) in [5.74, 6) is -0.247. The smallest absolute Gasteiger partial charge is 0.308 e. The van der Waals surface area contributed by atoms with Gasteiger partial charge in [0.2, 0.25) is 5.95 Å². The van der Waals surface area contributed by atoms with Gasteiger partial charge in [-0.2, -0.15) is 0 Å². The lowest BCUT2D eigenvalue weighted by Crippen LogP contribution is -2.31. The summed E-state index contributed by atoms with van der Waals surface area (Å²) in [5.41, 5.74) is 0.368. The van der Waals surface area contributed by atoms with Gasteiger partial charge in [0.15, 0.2) is 0 Å². The summed E-state index contributed by atoms with van der Waals surface area (Å²) >= 11 is 0. The van der Waals surface area contributed by atoms with Gasteiger partial charge in [-0.15, -0.1) is 0 Å². The van der Waals surface area contributed by atoms with E-state index in [0.717, 1.165) is 38.8 Å². The number of carboxylic acid groups (broad SMARTS) is 1. The van der Waals surface area contributed by atoms with Crippen molar-refractivity contribution in [3.05, 3.63) is 18.0 Å². The number of likely N-dealkylation sites (tertiary alicyclic amines) is 1. The fourth-order valence-electron chi connectivity index (χ4n) is 3.96. The lowest BCUT2D eigenvalue weighted by Gasteiger charge is -2.18. The molecule has 3 fully saturated rings. The Kier molecular flexibility index (Phi) is 3.86. The van der Waals surface area contributed by atoms with Crippen LogP contribution in [0.4, 0.5) is 5.95 Å². The quantitative estimate of drug-likeness (QED) is 0.894. The van der Waals surface area contributed by atoms with E-state index in [1.807, 2.05) is 0 Å². The van der Waals surface area contributed by atoms with Gasteiger partial charge >= 0.3 is 5.97 Å². The van der Waals surface area contributed by atoms with E-state index in [-0.39, 0.29) is 11.8 Å². The van der Waals surface area contributed by atoms with E-state index in [0.29, 0.717) is 30.6 Å². The minimum Gasteiger partial charge on any atom is -0.481 e. The molecule has 0 radical (unpaired) electrons. The number of carbonyl (C=O) groups is 2. The van der Waals surface area contributed by atoms with Crippen molar-refractivity contribution in [1.29, 1.82) is 0 Å². The van der Waals surface area contributed by atoms with Crippen LogP contribution < -0.4 is 4.90 Å². The van der Waals surface area contributed by atoms with Crippen LogP contribution in [0.25, 0.3) is 0 Å². The van der Waals surface area contributed by atoms with Crippen molar-refractivity contribution in [2.45, 2.75) is 25.7 Å². The maximum absolute atomic E-state index is 12.8. The second kappa shape index (κ2) is 6.03. The Morgan fingerprint density at radius 1 is 1.17 bits per heavy atom. The molecule has 3 heterocycles. The molecule has 0 bridgehead atoms. The maximum atomic E-state index is 12.8. The van der Waals surface area contributed by atoms with E-state index in [1.165, 1.54) is 0 Å². The monoisotopic (exact) mass is 330 g/mol. The second-order valence-electron chi connectivity index (χ2n) is 7.09. The lowest BCUT2D eigenvalue weighted by molar-refractivity contribution is -0.142. The summed E-state index contributed by atoms with van der Waals surface area (Å²) in [4.78, 5) is 36.8. The molecular weight excluding hydrogens is 308 g/mol. The molecule has 1 N–H and O–H groups in total. The molecule has 7 nitrogen and oxygen atoms in total. The lowest BCUT2D eigenvalue weighted by atomic mass is 9.92. The minimum atomic E-state index is -0.789. The maximum Gasteiger partial charge on any atom is 0.308 e. The largest absolute Gasteiger partial charge is 0.481 e. The topological polar surface area (TPSA) is 86.6 Å². The average Bonchev–Trinajstić information content (AvgIpc) is 3.12. The van der Waals surface area contributed by atoms with Crippen molar-refractivity contribution in [2.24, 2.45) is 17.8 Å². The number of carbonyl (C=O) groups excluding carboxylic acids is 1. The summed E-state index contributed by atoms with van der Waals surface area (Å²) in [6, 6.07) is 1.63. The van der Waals surface area contributed by atoms with Crippen LogP contribution in [0.15, 0.2) is 12.3 Å². The van der Waals surface area contributed by atoms with Crippen molar-refractivity contribution in [1.82, 2.24) is 14.9 Å². The number of aromatic nitrogens is 2. The molecule has 128 valence electrons. The number of amides is 1. The van der Waals surface area contributed by atoms with Crippen molar-refractivity contribution in [3.8, 4) is 0 Å². The second-order valence-corrected chi connectivity index (χ2v) is 7.09. The van der Waals surface area contributed by atoms with E-state index in [9.17, 15) is 14.7 Å². The Morgan fingerprint density at radius 3 is 2.58 bits per heavy atom. The molecule has 3 aliphatic rings. The Morgan fingerprint density at radius 2 is 1.92 bits per heavy atom. The van der Waals surface area contributed by atoms with Crippen LogP contribution in [-0.4, -0.2) is 58.0 Å². The van der Waals surface area contributed by atoms with Gasteiger partial charge in [-0.25, -0.2) is 9.97 Å². The summed E-state index contributed by atoms with van der Waals surface area (Å²) in [7, 11) is 0. The zero-order valence-corrected chi connectivity index (χ0v) is 13.6. The first kappa shape index (κ1) is 15.4. The molecule has 1 saturated carbocycles. The van der Waals surface area contributed by atoms with Gasteiger partial charge in [0.1, 0.15) is 5.69 Å². The third-order valence-corrected chi connectivity index (χ3v) is 5.45. The first-order chi connectivity index (χ1) is 11.6. The third kappa shape index (κ3) is 2.83. The summed E-state index contributed by atoms with van der Waals surface area (Å²) < 4.78 is 0. The number of nitrogens with zero attached hydrogens (tertiary/aromatic N) is 4. The molecule has 2 atom stereocenters. The molecule has 2 aliphatic heterocycles. The van der Waals surface area contributed by atoms with Crippen LogP contribution in [0.1, 0.15) is 36.2 Å². The van der Waals surface area contributed by atoms with Gasteiger partial charge in [-0.1, -0.05) is 0 Å². The van der Waals surface area contributed by atoms with Crippen molar-refractivity contribution < 1.29 is 14.7 Å². The normalized spacial score (nSPS) is 26.8. The molecule has 1 aliphatic carbocycles. The first-order valence-electron chi connectivity index (χ1n) is 8.73. The fourth-order valence-corrected chi connectivity index (χ4v) is 3.96. The molecule has 4 rings (SSSR count). The molecule has 0 spiro atoms. The van der Waals surface area contributed by atoms with Crippen LogP contribution in [-0.2, 0) is 4.79 Å². The van der Waals surface area contributed by atoms with Crippen LogP contribution in [0.2, 0.25) is 0 Å². The first-order valence-corrected chi connectivity index (χ1v) is 8.73. The number of carboxylic acids is 1. The van der Waals surface area contributed by atoms with E-state index >= 15 is 0 Å². The Bertz CT molecular complexity index is 655. The van der Waals surface area contributed by atoms with Crippen LogP contribution >= 0.6 is 0 Å². The van der Waals surface area contributed by atoms with E-state index in [4.69, 9.17) is 0 Å². The zero-order valence-electron chi connectivity index (χ0n) is 13.6. The predicted octanol–water partition coefficient (Wildman–Crippen LogP) is 1.26. The number of hydrogen-bond donors (Lipinski definition) is 1. The average molecular weight is 330 g/mol. The van der Waals surface area contributed by atoms with E-state index in [1.54, 1.807) is 17.2 Å². The van der Waals surface area contributed by atoms with Crippen LogP contribution in [0, 0.1) is 17.8 Å². The Labute approximate surface area is 140 Å². The molecule has 2 saturated heterocycles. The number of hydrogen-bond acceptors (Lipinski definition) is 5. The highest BCUT2D eigenvalue weighted by Gasteiger charge is 2.47. The summed E-state index contributed by atoms with van der Waals surface area (Å²) in [6.45, 7) is 2.67. The molecule has 1 amide bonds. The van der Waals surface area contributed by atoms with E-state index < -0.39 is 11.9 Å². The number of anilines is 1. The van der Waals surface area contributed by atoms with Crippen molar-refractivity contribution in [3.63, 3.8) is 0 Å². The van der Waals surface area contributed by atoms with Gasteiger partial charge < -0.3 is 14.9 Å².